The first-order valence-corrected chi connectivity index (χ1v) is 8.92. The number of pyridine rings is 1. The topological polar surface area (TPSA) is 39.9 Å². The van der Waals surface area contributed by atoms with Gasteiger partial charge in [-0.15, -0.1) is 0 Å². The summed E-state index contributed by atoms with van der Waals surface area (Å²) in [5.74, 6) is 0. The molecule has 1 aliphatic heterocycles. The molecular formula is C21H23N3O. The summed E-state index contributed by atoms with van der Waals surface area (Å²) in [7, 11) is 0. The second-order valence-electron chi connectivity index (χ2n) is 6.69. The van der Waals surface area contributed by atoms with Crippen molar-refractivity contribution in [2.75, 3.05) is 6.61 Å². The number of hydrogen-bond acceptors (Lipinski definition) is 3. The molecule has 0 amide bonds. The zero-order valence-electron chi connectivity index (χ0n) is 14.8. The van der Waals surface area contributed by atoms with Crippen molar-refractivity contribution >= 4 is 0 Å². The largest absolute Gasteiger partial charge is 0.356 e. The van der Waals surface area contributed by atoms with Gasteiger partial charge in [0.05, 0.1) is 17.1 Å². The zero-order valence-corrected chi connectivity index (χ0v) is 14.8. The number of benzene rings is 1. The van der Waals surface area contributed by atoms with E-state index in [4.69, 9.17) is 9.72 Å². The zero-order chi connectivity index (χ0) is 17.2. The summed E-state index contributed by atoms with van der Waals surface area (Å²) in [6.45, 7) is 4.97. The monoisotopic (exact) mass is 333 g/mol. The van der Waals surface area contributed by atoms with Gasteiger partial charge in [-0.05, 0) is 56.4 Å². The summed E-state index contributed by atoms with van der Waals surface area (Å²) in [4.78, 5) is 4.74. The van der Waals surface area contributed by atoms with E-state index in [9.17, 15) is 0 Å². The fraction of sp³-hybridized carbons (Fsp3) is 0.333. The Morgan fingerprint density at radius 2 is 1.92 bits per heavy atom. The van der Waals surface area contributed by atoms with Crippen LogP contribution >= 0.6 is 0 Å². The number of ether oxygens (including phenoxy) is 1. The molecule has 1 aliphatic rings. The lowest BCUT2D eigenvalue weighted by atomic mass is 10.0. The van der Waals surface area contributed by atoms with Crippen molar-refractivity contribution in [3.05, 3.63) is 59.9 Å². The minimum atomic E-state index is 0.0216. The molecule has 0 bridgehead atoms. The van der Waals surface area contributed by atoms with E-state index < -0.39 is 0 Å². The molecule has 0 saturated carbocycles. The van der Waals surface area contributed by atoms with Crippen LogP contribution in [0.25, 0.3) is 22.5 Å². The SMILES string of the molecule is Cc1cc(-c2cc(C)c(-c3ccccc3)cn2)n(C2CCCCO2)n1. The van der Waals surface area contributed by atoms with Crippen molar-refractivity contribution in [3.63, 3.8) is 0 Å². The number of hydrogen-bond donors (Lipinski definition) is 0. The highest BCUT2D eigenvalue weighted by Crippen LogP contribution is 2.30. The maximum Gasteiger partial charge on any atom is 0.150 e. The molecule has 128 valence electrons. The molecule has 0 spiro atoms. The molecule has 4 rings (SSSR count). The van der Waals surface area contributed by atoms with Gasteiger partial charge in [-0.25, -0.2) is 4.68 Å². The minimum Gasteiger partial charge on any atom is -0.356 e. The number of aromatic nitrogens is 3. The molecule has 1 unspecified atom stereocenters. The lowest BCUT2D eigenvalue weighted by molar-refractivity contribution is -0.0385. The van der Waals surface area contributed by atoms with E-state index in [-0.39, 0.29) is 6.23 Å². The van der Waals surface area contributed by atoms with E-state index in [2.05, 4.69) is 48.4 Å². The van der Waals surface area contributed by atoms with Gasteiger partial charge < -0.3 is 4.74 Å². The molecule has 1 aromatic carbocycles. The predicted octanol–water partition coefficient (Wildman–Crippen LogP) is 4.93. The number of nitrogens with zero attached hydrogens (tertiary/aromatic N) is 3. The van der Waals surface area contributed by atoms with Crippen LogP contribution in [0.3, 0.4) is 0 Å². The molecule has 3 heterocycles. The fourth-order valence-electron chi connectivity index (χ4n) is 3.46. The molecule has 1 atom stereocenters. The Labute approximate surface area is 148 Å². The van der Waals surface area contributed by atoms with Gasteiger partial charge in [0.1, 0.15) is 0 Å². The highest BCUT2D eigenvalue weighted by Gasteiger charge is 2.21. The molecule has 0 aliphatic carbocycles. The minimum absolute atomic E-state index is 0.0216. The van der Waals surface area contributed by atoms with Gasteiger partial charge in [0, 0.05) is 18.4 Å². The van der Waals surface area contributed by atoms with Gasteiger partial charge in [0.25, 0.3) is 0 Å². The quantitative estimate of drug-likeness (QED) is 0.682. The van der Waals surface area contributed by atoms with Crippen molar-refractivity contribution in [2.24, 2.45) is 0 Å². The Kier molecular flexibility index (Phi) is 4.36. The molecule has 1 fully saturated rings. The summed E-state index contributed by atoms with van der Waals surface area (Å²) in [6.07, 6.45) is 5.31. The van der Waals surface area contributed by atoms with Crippen molar-refractivity contribution in [3.8, 4) is 22.5 Å². The predicted molar refractivity (Wildman–Crippen MR) is 99.2 cm³/mol. The lowest BCUT2D eigenvalue weighted by Gasteiger charge is -2.24. The smallest absolute Gasteiger partial charge is 0.150 e. The Hall–Kier alpha value is -2.46. The summed E-state index contributed by atoms with van der Waals surface area (Å²) in [5, 5.41) is 4.67. The van der Waals surface area contributed by atoms with Gasteiger partial charge in [0.15, 0.2) is 6.23 Å². The summed E-state index contributed by atoms with van der Waals surface area (Å²) < 4.78 is 7.95. The highest BCUT2D eigenvalue weighted by molar-refractivity contribution is 5.69. The molecule has 1 saturated heterocycles. The third kappa shape index (κ3) is 3.22. The van der Waals surface area contributed by atoms with Crippen LogP contribution in [0.1, 0.15) is 36.7 Å². The highest BCUT2D eigenvalue weighted by atomic mass is 16.5. The molecule has 0 radical (unpaired) electrons. The molecule has 4 nitrogen and oxygen atoms in total. The van der Waals surface area contributed by atoms with E-state index in [1.165, 1.54) is 23.1 Å². The second-order valence-corrected chi connectivity index (χ2v) is 6.69. The Morgan fingerprint density at radius 1 is 1.08 bits per heavy atom. The van der Waals surface area contributed by atoms with Gasteiger partial charge in [-0.3, -0.25) is 4.98 Å². The average Bonchev–Trinajstić information content (AvgIpc) is 3.05. The Balaban J connectivity index is 1.72. The van der Waals surface area contributed by atoms with E-state index >= 15 is 0 Å². The van der Waals surface area contributed by atoms with E-state index in [0.29, 0.717) is 0 Å². The van der Waals surface area contributed by atoms with Crippen LogP contribution in [0.15, 0.2) is 48.7 Å². The molecule has 2 aromatic heterocycles. The second kappa shape index (κ2) is 6.81. The van der Waals surface area contributed by atoms with Crippen LogP contribution in [0.4, 0.5) is 0 Å². The van der Waals surface area contributed by atoms with Crippen molar-refractivity contribution in [1.82, 2.24) is 14.8 Å². The third-order valence-electron chi connectivity index (χ3n) is 4.74. The first-order chi connectivity index (χ1) is 12.2. The summed E-state index contributed by atoms with van der Waals surface area (Å²) >= 11 is 0. The van der Waals surface area contributed by atoms with Gasteiger partial charge in [-0.1, -0.05) is 30.3 Å². The third-order valence-corrected chi connectivity index (χ3v) is 4.74. The maximum atomic E-state index is 5.94. The summed E-state index contributed by atoms with van der Waals surface area (Å²) in [6, 6.07) is 14.6. The maximum absolute atomic E-state index is 5.94. The van der Waals surface area contributed by atoms with Gasteiger partial charge >= 0.3 is 0 Å². The van der Waals surface area contributed by atoms with Crippen LogP contribution in [-0.4, -0.2) is 21.4 Å². The van der Waals surface area contributed by atoms with Crippen molar-refractivity contribution < 1.29 is 4.74 Å². The van der Waals surface area contributed by atoms with Crippen LogP contribution in [0, 0.1) is 13.8 Å². The Bertz CT molecular complexity index is 864. The van der Waals surface area contributed by atoms with Gasteiger partial charge in [0.2, 0.25) is 0 Å². The normalized spacial score (nSPS) is 17.6. The fourth-order valence-corrected chi connectivity index (χ4v) is 3.46. The van der Waals surface area contributed by atoms with Crippen molar-refractivity contribution in [1.29, 1.82) is 0 Å². The molecular weight excluding hydrogens is 310 g/mol. The van der Waals surface area contributed by atoms with Crippen LogP contribution in [-0.2, 0) is 4.74 Å². The van der Waals surface area contributed by atoms with Crippen LogP contribution in [0.5, 0.6) is 0 Å². The molecule has 3 aromatic rings. The number of rotatable bonds is 3. The van der Waals surface area contributed by atoms with Crippen LogP contribution < -0.4 is 0 Å². The first kappa shape index (κ1) is 16.0. The Morgan fingerprint density at radius 3 is 2.64 bits per heavy atom. The first-order valence-electron chi connectivity index (χ1n) is 8.92. The lowest BCUT2D eigenvalue weighted by Crippen LogP contribution is -2.20. The molecule has 25 heavy (non-hydrogen) atoms. The van der Waals surface area contributed by atoms with Crippen molar-refractivity contribution in [2.45, 2.75) is 39.3 Å². The standard InChI is InChI=1S/C21H23N3O/c1-15-12-19(22-14-18(15)17-8-4-3-5-9-17)20-13-16(2)23-24(20)21-10-6-7-11-25-21/h3-5,8-9,12-14,21H,6-7,10-11H2,1-2H3. The summed E-state index contributed by atoms with van der Waals surface area (Å²) in [5.41, 5.74) is 6.56. The average molecular weight is 333 g/mol. The van der Waals surface area contributed by atoms with E-state index in [1.807, 2.05) is 23.9 Å². The van der Waals surface area contributed by atoms with E-state index in [0.717, 1.165) is 36.5 Å². The molecule has 4 heteroatoms. The molecule has 0 N–H and O–H groups in total. The number of aryl methyl sites for hydroxylation is 2. The van der Waals surface area contributed by atoms with E-state index in [1.54, 1.807) is 0 Å². The van der Waals surface area contributed by atoms with Crippen LogP contribution in [0.2, 0.25) is 0 Å². The van der Waals surface area contributed by atoms with Gasteiger partial charge in [-0.2, -0.15) is 5.10 Å².